The molecule has 0 spiro atoms. The largest absolute Gasteiger partial charge is 0.356 e. The third-order valence-corrected chi connectivity index (χ3v) is 6.15. The lowest BCUT2D eigenvalue weighted by atomic mass is 9.90. The third-order valence-electron chi connectivity index (χ3n) is 6.15. The predicted octanol–water partition coefficient (Wildman–Crippen LogP) is 3.93. The fourth-order valence-corrected chi connectivity index (χ4v) is 4.21. The molecule has 3 heterocycles. The molecule has 1 saturated heterocycles. The first-order valence-electron chi connectivity index (χ1n) is 10.7. The number of nitrogens with zero attached hydrogens (tertiary/aromatic N) is 4. The fraction of sp³-hybridized carbons (Fsp3) is 0.435. The molecular formula is C23H27N5O. The van der Waals surface area contributed by atoms with Gasteiger partial charge >= 0.3 is 0 Å². The Morgan fingerprint density at radius 3 is 2.55 bits per heavy atom. The van der Waals surface area contributed by atoms with Gasteiger partial charge in [0.05, 0.1) is 0 Å². The molecule has 2 aromatic heterocycles. The number of aryl methyl sites for hydroxylation is 1. The van der Waals surface area contributed by atoms with Gasteiger partial charge < -0.3 is 4.90 Å². The van der Waals surface area contributed by atoms with Crippen molar-refractivity contribution in [3.05, 3.63) is 54.1 Å². The van der Waals surface area contributed by atoms with Crippen LogP contribution in [0.3, 0.4) is 0 Å². The molecule has 6 nitrogen and oxygen atoms in total. The molecule has 6 heteroatoms. The number of pyridine rings is 1. The van der Waals surface area contributed by atoms with Gasteiger partial charge in [0.2, 0.25) is 11.9 Å². The molecule has 0 bridgehead atoms. The van der Waals surface area contributed by atoms with E-state index < -0.39 is 0 Å². The van der Waals surface area contributed by atoms with E-state index in [9.17, 15) is 4.79 Å². The van der Waals surface area contributed by atoms with Gasteiger partial charge in [-0.05, 0) is 62.1 Å². The smallest absolute Gasteiger partial charge is 0.249 e. The monoisotopic (exact) mass is 389 g/mol. The van der Waals surface area contributed by atoms with Gasteiger partial charge in [0.15, 0.2) is 5.65 Å². The molecule has 0 atom stereocenters. The molecule has 1 aliphatic carbocycles. The maximum Gasteiger partial charge on any atom is 0.249 e. The van der Waals surface area contributed by atoms with Crippen LogP contribution in [0.15, 0.2) is 48.5 Å². The highest BCUT2D eigenvalue weighted by molar-refractivity contribution is 5.92. The molecular weight excluding hydrogens is 362 g/mol. The van der Waals surface area contributed by atoms with Crippen LogP contribution in [0.1, 0.15) is 37.7 Å². The van der Waals surface area contributed by atoms with Gasteiger partial charge in [-0.1, -0.05) is 36.4 Å². The average Bonchev–Trinajstić information content (AvgIpc) is 3.53. The van der Waals surface area contributed by atoms with Crippen molar-refractivity contribution in [2.24, 2.45) is 11.8 Å². The zero-order valence-corrected chi connectivity index (χ0v) is 16.6. The molecule has 3 aromatic rings. The van der Waals surface area contributed by atoms with Gasteiger partial charge in [0.1, 0.15) is 5.82 Å². The molecule has 1 amide bonds. The minimum atomic E-state index is 0.0432. The van der Waals surface area contributed by atoms with Gasteiger partial charge in [0.25, 0.3) is 0 Å². The number of anilines is 2. The average molecular weight is 390 g/mol. The highest BCUT2D eigenvalue weighted by Crippen LogP contribution is 2.30. The molecule has 1 saturated carbocycles. The van der Waals surface area contributed by atoms with Crippen molar-refractivity contribution < 1.29 is 4.79 Å². The van der Waals surface area contributed by atoms with Crippen LogP contribution in [0.4, 0.5) is 11.8 Å². The summed E-state index contributed by atoms with van der Waals surface area (Å²) in [6.07, 6.45) is 6.76. The Kier molecular flexibility index (Phi) is 4.92. The number of hydrogen-bond acceptors (Lipinski definition) is 4. The normalized spacial score (nSPS) is 17.6. The summed E-state index contributed by atoms with van der Waals surface area (Å²) < 4.78 is 1.87. The number of nitrogens with one attached hydrogen (secondary N) is 1. The van der Waals surface area contributed by atoms with E-state index in [-0.39, 0.29) is 11.8 Å². The molecule has 0 radical (unpaired) electrons. The number of rotatable bonds is 6. The molecule has 2 aliphatic rings. The van der Waals surface area contributed by atoms with Crippen molar-refractivity contribution in [3.63, 3.8) is 0 Å². The number of piperidine rings is 1. The van der Waals surface area contributed by atoms with Gasteiger partial charge in [-0.15, -0.1) is 5.10 Å². The molecule has 1 aliphatic heterocycles. The molecule has 2 fully saturated rings. The minimum absolute atomic E-state index is 0.0432. The maximum atomic E-state index is 12.0. The van der Waals surface area contributed by atoms with Crippen LogP contribution in [-0.2, 0) is 11.2 Å². The summed E-state index contributed by atoms with van der Waals surface area (Å²) >= 11 is 0. The predicted molar refractivity (Wildman–Crippen MR) is 114 cm³/mol. The van der Waals surface area contributed by atoms with Crippen molar-refractivity contribution in [2.75, 3.05) is 23.3 Å². The Balaban J connectivity index is 1.23. The zero-order chi connectivity index (χ0) is 19.6. The van der Waals surface area contributed by atoms with Crippen molar-refractivity contribution in [1.29, 1.82) is 0 Å². The Hall–Kier alpha value is -2.89. The molecule has 1 aromatic carbocycles. The number of aromatic nitrogens is 3. The molecule has 1 N–H and O–H groups in total. The van der Waals surface area contributed by atoms with Gasteiger partial charge in [-0.25, -0.2) is 0 Å². The lowest BCUT2D eigenvalue weighted by molar-refractivity contribution is -0.117. The number of fused-ring (bicyclic) bond motifs is 1. The van der Waals surface area contributed by atoms with E-state index >= 15 is 0 Å². The van der Waals surface area contributed by atoms with Gasteiger partial charge in [-0.3, -0.25) is 10.1 Å². The van der Waals surface area contributed by atoms with Crippen molar-refractivity contribution in [1.82, 2.24) is 14.6 Å². The fourth-order valence-electron chi connectivity index (χ4n) is 4.21. The van der Waals surface area contributed by atoms with Crippen LogP contribution in [0.5, 0.6) is 0 Å². The summed E-state index contributed by atoms with van der Waals surface area (Å²) in [7, 11) is 0. The lowest BCUT2D eigenvalue weighted by Gasteiger charge is -2.33. The first-order valence-corrected chi connectivity index (χ1v) is 10.7. The zero-order valence-electron chi connectivity index (χ0n) is 16.6. The lowest BCUT2D eigenvalue weighted by Crippen LogP contribution is -2.35. The first kappa shape index (κ1) is 18.2. The highest BCUT2D eigenvalue weighted by atomic mass is 16.2. The van der Waals surface area contributed by atoms with Crippen molar-refractivity contribution >= 4 is 23.3 Å². The van der Waals surface area contributed by atoms with Crippen LogP contribution < -0.4 is 10.2 Å². The van der Waals surface area contributed by atoms with Gasteiger partial charge in [-0.2, -0.15) is 9.50 Å². The number of amides is 1. The van der Waals surface area contributed by atoms with Crippen molar-refractivity contribution in [3.8, 4) is 0 Å². The molecule has 0 unspecified atom stereocenters. The number of hydrogen-bond donors (Lipinski definition) is 1. The number of carbonyl (C=O) groups is 1. The van der Waals surface area contributed by atoms with Crippen LogP contribution in [-0.4, -0.2) is 33.6 Å². The SMILES string of the molecule is O=C(Nc1nc2cccc(N3CCC(CCc4ccccc4)CC3)n2n1)C1CC1. The minimum Gasteiger partial charge on any atom is -0.356 e. The van der Waals surface area contributed by atoms with E-state index in [1.807, 2.05) is 16.6 Å². The second-order valence-electron chi connectivity index (χ2n) is 8.31. The Bertz CT molecular complexity index is 987. The van der Waals surface area contributed by atoms with E-state index in [0.717, 1.165) is 49.7 Å². The highest BCUT2D eigenvalue weighted by Gasteiger charge is 2.30. The summed E-state index contributed by atoms with van der Waals surface area (Å²) in [6.45, 7) is 2.06. The second-order valence-corrected chi connectivity index (χ2v) is 8.31. The Morgan fingerprint density at radius 1 is 1.00 bits per heavy atom. The van der Waals surface area contributed by atoms with Crippen LogP contribution in [0.2, 0.25) is 0 Å². The second kappa shape index (κ2) is 7.85. The van der Waals surface area contributed by atoms with E-state index in [0.29, 0.717) is 5.95 Å². The number of carbonyl (C=O) groups excluding carboxylic acids is 1. The van der Waals surface area contributed by atoms with Crippen molar-refractivity contribution in [2.45, 2.75) is 38.5 Å². The quantitative estimate of drug-likeness (QED) is 0.694. The van der Waals surface area contributed by atoms with E-state index in [2.05, 4.69) is 56.7 Å². The molecule has 5 rings (SSSR count). The van der Waals surface area contributed by atoms with Crippen LogP contribution in [0.25, 0.3) is 5.65 Å². The molecule has 150 valence electrons. The topological polar surface area (TPSA) is 62.5 Å². The summed E-state index contributed by atoms with van der Waals surface area (Å²) in [5, 5.41) is 7.43. The van der Waals surface area contributed by atoms with Gasteiger partial charge in [0, 0.05) is 19.0 Å². The van der Waals surface area contributed by atoms with Crippen LogP contribution >= 0.6 is 0 Å². The first-order chi connectivity index (χ1) is 14.3. The summed E-state index contributed by atoms with van der Waals surface area (Å²) in [5.41, 5.74) is 2.21. The Morgan fingerprint density at radius 2 is 1.79 bits per heavy atom. The number of benzene rings is 1. The third kappa shape index (κ3) is 4.11. The molecule has 29 heavy (non-hydrogen) atoms. The summed E-state index contributed by atoms with van der Waals surface area (Å²) in [4.78, 5) is 18.9. The van der Waals surface area contributed by atoms with E-state index in [1.165, 1.54) is 24.8 Å². The summed E-state index contributed by atoms with van der Waals surface area (Å²) in [5.74, 6) is 2.43. The summed E-state index contributed by atoms with van der Waals surface area (Å²) in [6, 6.07) is 16.8. The standard InChI is InChI=1S/C23H27N5O/c29-22(19-11-12-19)25-23-24-20-7-4-8-21(28(20)26-23)27-15-13-18(14-16-27)10-9-17-5-2-1-3-6-17/h1-8,18-19H,9-16H2,(H,25,26,29). The van der Waals surface area contributed by atoms with E-state index in [4.69, 9.17) is 0 Å². The Labute approximate surface area is 170 Å². The van der Waals surface area contributed by atoms with Crippen LogP contribution in [0, 0.1) is 11.8 Å². The maximum absolute atomic E-state index is 12.0. The van der Waals surface area contributed by atoms with E-state index in [1.54, 1.807) is 0 Å².